The second kappa shape index (κ2) is 7.11. The van der Waals surface area contributed by atoms with Gasteiger partial charge in [-0.1, -0.05) is 11.6 Å². The predicted octanol–water partition coefficient (Wildman–Crippen LogP) is 4.54. The summed E-state index contributed by atoms with van der Waals surface area (Å²) in [5.74, 6) is 0.516. The van der Waals surface area contributed by atoms with Crippen molar-refractivity contribution < 1.29 is 4.74 Å². The SMILES string of the molecule is COc1cc2[nH]c(=O)c([C@H](C)Nc3ccc(C#N)c(C)c3)cc2cc1Cl. The third-order valence-corrected chi connectivity index (χ3v) is 4.64. The zero-order valence-corrected chi connectivity index (χ0v) is 15.4. The van der Waals surface area contributed by atoms with Crippen LogP contribution in [0, 0.1) is 18.3 Å². The Morgan fingerprint density at radius 1 is 1.27 bits per heavy atom. The van der Waals surface area contributed by atoms with E-state index in [4.69, 9.17) is 21.6 Å². The second-order valence-corrected chi connectivity index (χ2v) is 6.54. The van der Waals surface area contributed by atoms with E-state index in [1.54, 1.807) is 18.2 Å². The summed E-state index contributed by atoms with van der Waals surface area (Å²) in [4.78, 5) is 15.4. The Morgan fingerprint density at radius 3 is 2.69 bits per heavy atom. The van der Waals surface area contributed by atoms with Crippen LogP contribution in [0.25, 0.3) is 10.9 Å². The summed E-state index contributed by atoms with van der Waals surface area (Å²) in [5, 5.41) is 13.7. The normalized spacial score (nSPS) is 11.8. The molecule has 0 aliphatic heterocycles. The number of hydrogen-bond donors (Lipinski definition) is 2. The van der Waals surface area contributed by atoms with E-state index in [1.807, 2.05) is 32.0 Å². The van der Waals surface area contributed by atoms with Gasteiger partial charge >= 0.3 is 0 Å². The van der Waals surface area contributed by atoms with Gasteiger partial charge in [0.25, 0.3) is 5.56 Å². The molecule has 3 aromatic rings. The minimum absolute atomic E-state index is 0.174. The third-order valence-electron chi connectivity index (χ3n) is 4.34. The Labute approximate surface area is 156 Å². The highest BCUT2D eigenvalue weighted by Crippen LogP contribution is 2.29. The number of aromatic nitrogens is 1. The highest BCUT2D eigenvalue weighted by molar-refractivity contribution is 6.32. The first-order valence-electron chi connectivity index (χ1n) is 8.10. The van der Waals surface area contributed by atoms with Crippen molar-refractivity contribution in [2.24, 2.45) is 0 Å². The topological polar surface area (TPSA) is 77.9 Å². The van der Waals surface area contributed by atoms with E-state index < -0.39 is 0 Å². The maximum atomic E-state index is 12.5. The quantitative estimate of drug-likeness (QED) is 0.709. The van der Waals surface area contributed by atoms with E-state index in [0.717, 1.165) is 16.6 Å². The van der Waals surface area contributed by atoms with Crippen LogP contribution in [0.5, 0.6) is 5.75 Å². The number of anilines is 1. The molecule has 1 aromatic heterocycles. The van der Waals surface area contributed by atoms with Crippen molar-refractivity contribution in [1.29, 1.82) is 5.26 Å². The molecule has 0 unspecified atom stereocenters. The fourth-order valence-electron chi connectivity index (χ4n) is 2.91. The van der Waals surface area contributed by atoms with Crippen LogP contribution in [0.2, 0.25) is 5.02 Å². The van der Waals surface area contributed by atoms with Crippen LogP contribution in [-0.4, -0.2) is 12.1 Å². The van der Waals surface area contributed by atoms with Crippen LogP contribution < -0.4 is 15.6 Å². The average molecular weight is 368 g/mol. The molecule has 0 spiro atoms. The van der Waals surface area contributed by atoms with Gasteiger partial charge in [-0.05, 0) is 49.7 Å². The molecule has 6 heteroatoms. The number of aromatic amines is 1. The van der Waals surface area contributed by atoms with Gasteiger partial charge in [-0.25, -0.2) is 0 Å². The van der Waals surface area contributed by atoms with Crippen molar-refractivity contribution in [2.45, 2.75) is 19.9 Å². The van der Waals surface area contributed by atoms with Crippen molar-refractivity contribution in [3.8, 4) is 11.8 Å². The van der Waals surface area contributed by atoms with E-state index in [1.165, 1.54) is 7.11 Å². The molecule has 2 N–H and O–H groups in total. The minimum atomic E-state index is -0.226. The lowest BCUT2D eigenvalue weighted by molar-refractivity contribution is 0.415. The van der Waals surface area contributed by atoms with Gasteiger partial charge in [-0.15, -0.1) is 0 Å². The molecular weight excluding hydrogens is 350 g/mol. The van der Waals surface area contributed by atoms with Crippen LogP contribution in [0.1, 0.15) is 29.7 Å². The fourth-order valence-corrected chi connectivity index (χ4v) is 3.16. The van der Waals surface area contributed by atoms with Gasteiger partial charge in [0.1, 0.15) is 5.75 Å². The van der Waals surface area contributed by atoms with E-state index >= 15 is 0 Å². The maximum absolute atomic E-state index is 12.5. The van der Waals surface area contributed by atoms with Gasteiger partial charge in [0.15, 0.2) is 0 Å². The number of fused-ring (bicyclic) bond motifs is 1. The number of rotatable bonds is 4. The first-order chi connectivity index (χ1) is 12.4. The molecule has 0 saturated carbocycles. The summed E-state index contributed by atoms with van der Waals surface area (Å²) in [5.41, 5.74) is 3.46. The molecular formula is C20H18ClN3O2. The Morgan fingerprint density at radius 2 is 2.04 bits per heavy atom. The number of halogens is 1. The van der Waals surface area contributed by atoms with Gasteiger partial charge in [0.2, 0.25) is 0 Å². The second-order valence-electron chi connectivity index (χ2n) is 6.14. The third kappa shape index (κ3) is 3.37. The standard InChI is InChI=1S/C20H18ClN3O2/c1-11-6-15(5-4-13(11)10-22)23-12(2)16-7-14-8-17(21)19(26-3)9-18(14)24-20(16)25/h4-9,12,23H,1-3H3,(H,24,25)/t12-/m0/s1. The lowest BCUT2D eigenvalue weighted by atomic mass is 10.1. The van der Waals surface area contributed by atoms with Crippen molar-refractivity contribution >= 4 is 28.2 Å². The smallest absolute Gasteiger partial charge is 0.253 e. The highest BCUT2D eigenvalue weighted by Gasteiger charge is 2.13. The van der Waals surface area contributed by atoms with Gasteiger partial charge < -0.3 is 15.0 Å². The van der Waals surface area contributed by atoms with E-state index in [0.29, 0.717) is 27.4 Å². The Kier molecular flexibility index (Phi) is 4.88. The van der Waals surface area contributed by atoms with Crippen LogP contribution in [0.4, 0.5) is 5.69 Å². The molecule has 2 aromatic carbocycles. The molecule has 0 fully saturated rings. The summed E-state index contributed by atoms with van der Waals surface area (Å²) >= 11 is 6.19. The Balaban J connectivity index is 1.96. The van der Waals surface area contributed by atoms with Crippen molar-refractivity contribution in [3.63, 3.8) is 0 Å². The van der Waals surface area contributed by atoms with E-state index in [9.17, 15) is 4.79 Å². The van der Waals surface area contributed by atoms with Crippen LogP contribution in [0.15, 0.2) is 41.2 Å². The number of aryl methyl sites for hydroxylation is 1. The first kappa shape index (κ1) is 17.8. The van der Waals surface area contributed by atoms with Crippen LogP contribution >= 0.6 is 11.6 Å². The first-order valence-corrected chi connectivity index (χ1v) is 8.48. The van der Waals surface area contributed by atoms with Gasteiger partial charge in [-0.2, -0.15) is 5.26 Å². The number of benzene rings is 2. The Hall–Kier alpha value is -2.97. The van der Waals surface area contributed by atoms with Gasteiger partial charge in [0, 0.05) is 22.7 Å². The number of H-pyrrole nitrogens is 1. The number of nitrogens with zero attached hydrogens (tertiary/aromatic N) is 1. The summed E-state index contributed by atoms with van der Waals surface area (Å²) in [6, 6.07) is 12.7. The summed E-state index contributed by atoms with van der Waals surface area (Å²) in [6.07, 6.45) is 0. The van der Waals surface area contributed by atoms with E-state index in [-0.39, 0.29) is 11.6 Å². The van der Waals surface area contributed by atoms with Crippen molar-refractivity contribution in [1.82, 2.24) is 4.98 Å². The summed E-state index contributed by atoms with van der Waals surface area (Å²) in [7, 11) is 1.53. The molecule has 1 atom stereocenters. The van der Waals surface area contributed by atoms with Crippen molar-refractivity contribution in [3.05, 3.63) is 68.5 Å². The number of nitriles is 1. The highest BCUT2D eigenvalue weighted by atomic mass is 35.5. The minimum Gasteiger partial charge on any atom is -0.495 e. The summed E-state index contributed by atoms with van der Waals surface area (Å²) < 4.78 is 5.19. The molecule has 0 aliphatic carbocycles. The van der Waals surface area contributed by atoms with Crippen molar-refractivity contribution in [2.75, 3.05) is 12.4 Å². The van der Waals surface area contributed by atoms with Gasteiger partial charge in [0.05, 0.1) is 35.3 Å². The zero-order valence-electron chi connectivity index (χ0n) is 14.7. The largest absolute Gasteiger partial charge is 0.495 e. The zero-order chi connectivity index (χ0) is 18.8. The lowest BCUT2D eigenvalue weighted by Gasteiger charge is -2.16. The lowest BCUT2D eigenvalue weighted by Crippen LogP contribution is -2.19. The molecule has 0 radical (unpaired) electrons. The van der Waals surface area contributed by atoms with E-state index in [2.05, 4.69) is 16.4 Å². The van der Waals surface area contributed by atoms with Crippen LogP contribution in [0.3, 0.4) is 0 Å². The molecule has 0 amide bonds. The average Bonchev–Trinajstić information content (AvgIpc) is 2.61. The molecule has 0 bridgehead atoms. The monoisotopic (exact) mass is 367 g/mol. The van der Waals surface area contributed by atoms with Crippen LogP contribution in [-0.2, 0) is 0 Å². The molecule has 0 aliphatic rings. The molecule has 1 heterocycles. The molecule has 0 saturated heterocycles. The molecule has 5 nitrogen and oxygen atoms in total. The molecule has 132 valence electrons. The number of hydrogen-bond acceptors (Lipinski definition) is 4. The molecule has 26 heavy (non-hydrogen) atoms. The van der Waals surface area contributed by atoms with Gasteiger partial charge in [-0.3, -0.25) is 4.79 Å². The Bertz CT molecular complexity index is 1080. The molecule has 3 rings (SSSR count). The maximum Gasteiger partial charge on any atom is 0.253 e. The number of ether oxygens (including phenoxy) is 1. The summed E-state index contributed by atoms with van der Waals surface area (Å²) in [6.45, 7) is 3.79. The number of nitrogens with one attached hydrogen (secondary N) is 2. The number of pyridine rings is 1. The predicted molar refractivity (Wildman–Crippen MR) is 104 cm³/mol. The fraction of sp³-hybridized carbons (Fsp3) is 0.200. The number of methoxy groups -OCH3 is 1.